The molecule has 0 atom stereocenters. The molecule has 1 aromatic carbocycles. The predicted molar refractivity (Wildman–Crippen MR) is 46.6 cm³/mol. The molecule has 0 radical (unpaired) electrons. The van der Waals surface area contributed by atoms with Gasteiger partial charge in [-0.3, -0.25) is 4.79 Å². The Morgan fingerprint density at radius 1 is 1.27 bits per heavy atom. The molecule has 7 heteroatoms. The monoisotopic (exact) mass is 260 g/mol. The van der Waals surface area contributed by atoms with E-state index in [1.165, 1.54) is 0 Å². The Bertz CT molecular complexity index is 414. The summed E-state index contributed by atoms with van der Waals surface area (Å²) in [5.41, 5.74) is -2.15. The standard InChI is InChI=1S/C8H2Cl2F4O/c9-5-2-6(11)4(8(12,13)14)1-3(5)7(10)15/h1-2H. The largest absolute Gasteiger partial charge is 0.419 e. The molecule has 0 aliphatic rings. The van der Waals surface area contributed by atoms with Crippen molar-refractivity contribution in [2.24, 2.45) is 0 Å². The van der Waals surface area contributed by atoms with Crippen molar-refractivity contribution in [1.29, 1.82) is 0 Å². The summed E-state index contributed by atoms with van der Waals surface area (Å²) in [7, 11) is 0. The topological polar surface area (TPSA) is 17.1 Å². The van der Waals surface area contributed by atoms with Gasteiger partial charge in [0, 0.05) is 0 Å². The molecule has 0 unspecified atom stereocenters. The first-order chi connectivity index (χ1) is 6.73. The van der Waals surface area contributed by atoms with Gasteiger partial charge in [0.25, 0.3) is 5.24 Å². The second-order valence-corrected chi connectivity index (χ2v) is 3.33. The number of alkyl halides is 3. The van der Waals surface area contributed by atoms with Gasteiger partial charge >= 0.3 is 6.18 Å². The van der Waals surface area contributed by atoms with Crippen molar-refractivity contribution >= 4 is 28.4 Å². The van der Waals surface area contributed by atoms with E-state index in [4.69, 9.17) is 23.2 Å². The fourth-order valence-corrected chi connectivity index (χ4v) is 1.36. The molecule has 1 rings (SSSR count). The van der Waals surface area contributed by atoms with Gasteiger partial charge in [0.2, 0.25) is 0 Å². The Kier molecular flexibility index (Phi) is 3.25. The Hall–Kier alpha value is -0.810. The van der Waals surface area contributed by atoms with Gasteiger partial charge < -0.3 is 0 Å². The SMILES string of the molecule is O=C(Cl)c1cc(C(F)(F)F)c(F)cc1Cl. The Morgan fingerprint density at radius 2 is 1.80 bits per heavy atom. The number of carbonyl (C=O) groups excluding carboxylic acids is 1. The third-order valence-corrected chi connectivity index (χ3v) is 2.09. The highest BCUT2D eigenvalue weighted by Gasteiger charge is 2.35. The first-order valence-electron chi connectivity index (χ1n) is 3.49. The van der Waals surface area contributed by atoms with Gasteiger partial charge in [0.15, 0.2) is 0 Å². The van der Waals surface area contributed by atoms with E-state index in [0.29, 0.717) is 6.07 Å². The fourth-order valence-electron chi connectivity index (χ4n) is 0.917. The molecule has 1 nitrogen and oxygen atoms in total. The number of carbonyl (C=O) groups is 1. The highest BCUT2D eigenvalue weighted by Crippen LogP contribution is 2.34. The third-order valence-electron chi connectivity index (χ3n) is 1.57. The van der Waals surface area contributed by atoms with E-state index in [9.17, 15) is 22.4 Å². The maximum absolute atomic E-state index is 12.8. The third kappa shape index (κ3) is 2.60. The summed E-state index contributed by atoms with van der Waals surface area (Å²) < 4.78 is 49.4. The minimum atomic E-state index is -4.89. The van der Waals surface area contributed by atoms with Gasteiger partial charge in [-0.25, -0.2) is 4.39 Å². The summed E-state index contributed by atoms with van der Waals surface area (Å²) in [5.74, 6) is -1.55. The van der Waals surface area contributed by atoms with Crippen LogP contribution in [0.5, 0.6) is 0 Å². The van der Waals surface area contributed by atoms with Gasteiger partial charge in [-0.05, 0) is 23.7 Å². The van der Waals surface area contributed by atoms with Crippen LogP contribution in [0, 0.1) is 5.82 Å². The molecular formula is C8H2Cl2F4O. The molecule has 82 valence electrons. The summed E-state index contributed by atoms with van der Waals surface area (Å²) in [5, 5.41) is -1.63. The van der Waals surface area contributed by atoms with E-state index >= 15 is 0 Å². The molecule has 0 fully saturated rings. The Morgan fingerprint density at radius 3 is 2.20 bits per heavy atom. The lowest BCUT2D eigenvalue weighted by atomic mass is 10.1. The van der Waals surface area contributed by atoms with E-state index < -0.39 is 33.4 Å². The van der Waals surface area contributed by atoms with Gasteiger partial charge in [-0.1, -0.05) is 11.6 Å². The van der Waals surface area contributed by atoms with E-state index in [1.807, 2.05) is 0 Å². The van der Waals surface area contributed by atoms with Crippen molar-refractivity contribution in [3.8, 4) is 0 Å². The summed E-state index contributed by atoms with van der Waals surface area (Å²) in [4.78, 5) is 10.6. The summed E-state index contributed by atoms with van der Waals surface area (Å²) in [6.07, 6.45) is -4.89. The molecule has 0 saturated heterocycles. The van der Waals surface area contributed by atoms with Crippen LogP contribution in [-0.2, 0) is 6.18 Å². The lowest BCUT2D eigenvalue weighted by Gasteiger charge is -2.09. The fraction of sp³-hybridized carbons (Fsp3) is 0.125. The Labute approximate surface area is 91.6 Å². The number of hydrogen-bond donors (Lipinski definition) is 0. The lowest BCUT2D eigenvalue weighted by molar-refractivity contribution is -0.140. The van der Waals surface area contributed by atoms with Crippen molar-refractivity contribution in [3.05, 3.63) is 34.1 Å². The number of benzene rings is 1. The molecule has 0 N–H and O–H groups in total. The first-order valence-corrected chi connectivity index (χ1v) is 4.25. The smallest absolute Gasteiger partial charge is 0.276 e. The van der Waals surface area contributed by atoms with E-state index in [-0.39, 0.29) is 6.07 Å². The van der Waals surface area contributed by atoms with Crippen molar-refractivity contribution in [1.82, 2.24) is 0 Å². The van der Waals surface area contributed by atoms with Crippen LogP contribution < -0.4 is 0 Å². The highest BCUT2D eigenvalue weighted by atomic mass is 35.5. The molecular weight excluding hydrogens is 259 g/mol. The van der Waals surface area contributed by atoms with Crippen LogP contribution in [0.3, 0.4) is 0 Å². The van der Waals surface area contributed by atoms with E-state index in [1.54, 1.807) is 0 Å². The second-order valence-electron chi connectivity index (χ2n) is 2.58. The van der Waals surface area contributed by atoms with Gasteiger partial charge in [-0.2, -0.15) is 13.2 Å². The zero-order valence-corrected chi connectivity index (χ0v) is 8.34. The normalized spacial score (nSPS) is 11.6. The zero-order valence-electron chi connectivity index (χ0n) is 6.83. The van der Waals surface area contributed by atoms with E-state index in [2.05, 4.69) is 0 Å². The van der Waals surface area contributed by atoms with Gasteiger partial charge in [0.1, 0.15) is 5.82 Å². The van der Waals surface area contributed by atoms with Crippen molar-refractivity contribution in [3.63, 3.8) is 0 Å². The van der Waals surface area contributed by atoms with Crippen LogP contribution in [0.4, 0.5) is 17.6 Å². The van der Waals surface area contributed by atoms with Gasteiger partial charge in [-0.15, -0.1) is 0 Å². The number of halogens is 6. The minimum absolute atomic E-state index is 0.285. The Balaban J connectivity index is 3.43. The second kappa shape index (κ2) is 3.98. The molecule has 0 amide bonds. The van der Waals surface area contributed by atoms with Crippen LogP contribution in [0.15, 0.2) is 12.1 Å². The van der Waals surface area contributed by atoms with Crippen molar-refractivity contribution in [2.45, 2.75) is 6.18 Å². The maximum atomic E-state index is 12.8. The molecule has 0 aromatic heterocycles. The molecule has 0 heterocycles. The highest BCUT2D eigenvalue weighted by molar-refractivity contribution is 6.68. The number of hydrogen-bond acceptors (Lipinski definition) is 1. The molecule has 0 spiro atoms. The average molecular weight is 261 g/mol. The maximum Gasteiger partial charge on any atom is 0.419 e. The van der Waals surface area contributed by atoms with Crippen LogP contribution in [0.2, 0.25) is 5.02 Å². The molecule has 0 aliphatic carbocycles. The van der Waals surface area contributed by atoms with Gasteiger partial charge in [0.05, 0.1) is 16.1 Å². The van der Waals surface area contributed by atoms with Crippen molar-refractivity contribution < 1.29 is 22.4 Å². The van der Waals surface area contributed by atoms with Crippen LogP contribution in [0.1, 0.15) is 15.9 Å². The first kappa shape index (κ1) is 12.3. The van der Waals surface area contributed by atoms with Crippen LogP contribution in [-0.4, -0.2) is 5.24 Å². The number of rotatable bonds is 1. The summed E-state index contributed by atoms with van der Waals surface area (Å²) >= 11 is 10.3. The molecule has 1 aromatic rings. The molecule has 0 saturated carbocycles. The van der Waals surface area contributed by atoms with Crippen molar-refractivity contribution in [2.75, 3.05) is 0 Å². The summed E-state index contributed by atoms with van der Waals surface area (Å²) in [6, 6.07) is 0.687. The zero-order chi connectivity index (χ0) is 11.8. The van der Waals surface area contributed by atoms with Crippen LogP contribution >= 0.6 is 23.2 Å². The predicted octanol–water partition coefficient (Wildman–Crippen LogP) is 3.88. The molecule has 0 aliphatic heterocycles. The quantitative estimate of drug-likeness (QED) is 0.553. The summed E-state index contributed by atoms with van der Waals surface area (Å²) in [6.45, 7) is 0. The molecule has 15 heavy (non-hydrogen) atoms. The lowest BCUT2D eigenvalue weighted by Crippen LogP contribution is -2.09. The van der Waals surface area contributed by atoms with E-state index in [0.717, 1.165) is 0 Å². The molecule has 0 bridgehead atoms. The average Bonchev–Trinajstić information content (AvgIpc) is 2.00. The van der Waals surface area contributed by atoms with Crippen LogP contribution in [0.25, 0.3) is 0 Å². The minimum Gasteiger partial charge on any atom is -0.276 e.